The predicted molar refractivity (Wildman–Crippen MR) is 168 cm³/mol. The SMILES string of the molecule is CCCCC/C=C\C/C=C\CCCCCCCCOCC(CO)OC(=O)CCCCCCCCCCCCC. The van der Waals surface area contributed by atoms with E-state index in [9.17, 15) is 9.90 Å². The monoisotopic (exact) mass is 550 g/mol. The summed E-state index contributed by atoms with van der Waals surface area (Å²) in [6.07, 6.45) is 37.8. The maximum absolute atomic E-state index is 12.1. The Hall–Kier alpha value is -1.13. The molecular formula is C35H66O4. The van der Waals surface area contributed by atoms with Crippen LogP contribution in [0.15, 0.2) is 24.3 Å². The molecule has 0 rings (SSSR count). The van der Waals surface area contributed by atoms with Gasteiger partial charge in [0.05, 0.1) is 13.2 Å². The van der Waals surface area contributed by atoms with Gasteiger partial charge in [0, 0.05) is 13.0 Å². The van der Waals surface area contributed by atoms with Gasteiger partial charge < -0.3 is 14.6 Å². The van der Waals surface area contributed by atoms with E-state index in [4.69, 9.17) is 9.47 Å². The van der Waals surface area contributed by atoms with Crippen molar-refractivity contribution < 1.29 is 19.4 Å². The van der Waals surface area contributed by atoms with Crippen LogP contribution in [0.25, 0.3) is 0 Å². The van der Waals surface area contributed by atoms with Crippen LogP contribution < -0.4 is 0 Å². The minimum Gasteiger partial charge on any atom is -0.457 e. The molecule has 4 heteroatoms. The first-order valence-electron chi connectivity index (χ1n) is 16.9. The maximum atomic E-state index is 12.1. The quantitative estimate of drug-likeness (QED) is 0.0530. The number of carbonyl (C=O) groups excluding carboxylic acids is 1. The molecular weight excluding hydrogens is 484 g/mol. The fraction of sp³-hybridized carbons (Fsp3) is 0.857. The van der Waals surface area contributed by atoms with E-state index in [0.29, 0.717) is 19.6 Å². The number of hydrogen-bond donors (Lipinski definition) is 1. The molecule has 0 fully saturated rings. The zero-order chi connectivity index (χ0) is 28.5. The van der Waals surface area contributed by atoms with Gasteiger partial charge in [-0.3, -0.25) is 4.79 Å². The largest absolute Gasteiger partial charge is 0.457 e. The Morgan fingerprint density at radius 2 is 1.08 bits per heavy atom. The third-order valence-corrected chi connectivity index (χ3v) is 7.28. The van der Waals surface area contributed by atoms with E-state index in [0.717, 1.165) is 25.7 Å². The summed E-state index contributed by atoms with van der Waals surface area (Å²) < 4.78 is 11.1. The highest BCUT2D eigenvalue weighted by Crippen LogP contribution is 2.13. The Balaban J connectivity index is 3.46. The number of aliphatic hydroxyl groups excluding tert-OH is 1. The molecule has 0 heterocycles. The first kappa shape index (κ1) is 37.9. The van der Waals surface area contributed by atoms with Gasteiger partial charge in [-0.2, -0.15) is 0 Å². The Morgan fingerprint density at radius 1 is 0.615 bits per heavy atom. The van der Waals surface area contributed by atoms with Gasteiger partial charge in [0.1, 0.15) is 6.10 Å². The third kappa shape index (κ3) is 31.3. The van der Waals surface area contributed by atoms with Gasteiger partial charge in [0.25, 0.3) is 0 Å². The molecule has 39 heavy (non-hydrogen) atoms. The zero-order valence-electron chi connectivity index (χ0n) is 26.2. The van der Waals surface area contributed by atoms with E-state index in [1.165, 1.54) is 122 Å². The average molecular weight is 551 g/mol. The van der Waals surface area contributed by atoms with Crippen molar-refractivity contribution in [2.45, 2.75) is 174 Å². The van der Waals surface area contributed by atoms with Gasteiger partial charge in [-0.15, -0.1) is 0 Å². The van der Waals surface area contributed by atoms with E-state index in [2.05, 4.69) is 38.2 Å². The normalized spacial score (nSPS) is 12.6. The molecule has 0 saturated heterocycles. The summed E-state index contributed by atoms with van der Waals surface area (Å²) in [6, 6.07) is 0. The highest BCUT2D eigenvalue weighted by Gasteiger charge is 2.13. The lowest BCUT2D eigenvalue weighted by Gasteiger charge is -2.15. The number of allylic oxidation sites excluding steroid dienone is 4. The molecule has 0 bridgehead atoms. The number of rotatable bonds is 31. The predicted octanol–water partition coefficient (Wildman–Crippen LogP) is 10.4. The number of hydrogen-bond acceptors (Lipinski definition) is 4. The van der Waals surface area contributed by atoms with Crippen molar-refractivity contribution in [3.8, 4) is 0 Å². The van der Waals surface area contributed by atoms with E-state index < -0.39 is 6.10 Å². The molecule has 0 aromatic heterocycles. The minimum atomic E-state index is -0.533. The van der Waals surface area contributed by atoms with Crippen LogP contribution in [0.4, 0.5) is 0 Å². The van der Waals surface area contributed by atoms with Crippen molar-refractivity contribution in [3.05, 3.63) is 24.3 Å². The van der Waals surface area contributed by atoms with Crippen molar-refractivity contribution in [2.24, 2.45) is 0 Å². The standard InChI is InChI=1S/C35H66O4/c1-3-5-7-9-11-13-15-16-17-18-19-21-23-25-27-29-31-38-33-34(32-36)39-35(37)30-28-26-24-22-20-14-12-10-8-6-4-2/h11,13,16-17,34,36H,3-10,12,14-15,18-33H2,1-2H3/b13-11-,17-16-. The molecule has 4 nitrogen and oxygen atoms in total. The summed E-state index contributed by atoms with van der Waals surface area (Å²) in [6.45, 7) is 5.29. The Kier molecular flexibility index (Phi) is 32.1. The van der Waals surface area contributed by atoms with Crippen LogP contribution in [0.3, 0.4) is 0 Å². The minimum absolute atomic E-state index is 0.173. The molecule has 0 spiro atoms. The summed E-state index contributed by atoms with van der Waals surface area (Å²) >= 11 is 0. The molecule has 0 aliphatic rings. The molecule has 0 saturated carbocycles. The van der Waals surface area contributed by atoms with Gasteiger partial charge in [-0.05, 0) is 44.9 Å². The lowest BCUT2D eigenvalue weighted by Crippen LogP contribution is -2.27. The van der Waals surface area contributed by atoms with Crippen LogP contribution >= 0.6 is 0 Å². The lowest BCUT2D eigenvalue weighted by molar-refractivity contribution is -0.154. The van der Waals surface area contributed by atoms with Crippen molar-refractivity contribution in [2.75, 3.05) is 19.8 Å². The smallest absolute Gasteiger partial charge is 0.306 e. The molecule has 1 unspecified atom stereocenters. The number of esters is 1. The van der Waals surface area contributed by atoms with Gasteiger partial charge in [-0.25, -0.2) is 0 Å². The lowest BCUT2D eigenvalue weighted by atomic mass is 10.1. The number of aliphatic hydroxyl groups is 1. The van der Waals surface area contributed by atoms with E-state index in [1.54, 1.807) is 0 Å². The topological polar surface area (TPSA) is 55.8 Å². The summed E-state index contributed by atoms with van der Waals surface area (Å²) in [4.78, 5) is 12.1. The average Bonchev–Trinajstić information content (AvgIpc) is 2.94. The molecule has 1 atom stereocenters. The van der Waals surface area contributed by atoms with E-state index >= 15 is 0 Å². The van der Waals surface area contributed by atoms with Crippen LogP contribution in [-0.4, -0.2) is 37.0 Å². The van der Waals surface area contributed by atoms with Crippen molar-refractivity contribution >= 4 is 5.97 Å². The van der Waals surface area contributed by atoms with Gasteiger partial charge in [0.2, 0.25) is 0 Å². The Bertz CT molecular complexity index is 543. The van der Waals surface area contributed by atoms with Gasteiger partial charge >= 0.3 is 5.97 Å². The molecule has 230 valence electrons. The molecule has 0 aliphatic heterocycles. The van der Waals surface area contributed by atoms with Crippen molar-refractivity contribution in [1.82, 2.24) is 0 Å². The fourth-order valence-corrected chi connectivity index (χ4v) is 4.71. The second-order valence-corrected chi connectivity index (χ2v) is 11.2. The summed E-state index contributed by atoms with van der Waals surface area (Å²) in [7, 11) is 0. The molecule has 0 amide bonds. The second-order valence-electron chi connectivity index (χ2n) is 11.2. The van der Waals surface area contributed by atoms with Crippen molar-refractivity contribution in [3.63, 3.8) is 0 Å². The fourth-order valence-electron chi connectivity index (χ4n) is 4.71. The van der Waals surface area contributed by atoms with Crippen molar-refractivity contribution in [1.29, 1.82) is 0 Å². The summed E-state index contributed by atoms with van der Waals surface area (Å²) in [5.74, 6) is -0.206. The van der Waals surface area contributed by atoms with Crippen LogP contribution in [0.5, 0.6) is 0 Å². The van der Waals surface area contributed by atoms with E-state index in [-0.39, 0.29) is 12.6 Å². The highest BCUT2D eigenvalue weighted by molar-refractivity contribution is 5.69. The summed E-state index contributed by atoms with van der Waals surface area (Å²) in [5, 5.41) is 9.51. The second kappa shape index (κ2) is 33.1. The molecule has 0 aromatic carbocycles. The van der Waals surface area contributed by atoms with Gasteiger partial charge in [-0.1, -0.05) is 141 Å². The number of ether oxygens (including phenoxy) is 2. The van der Waals surface area contributed by atoms with Gasteiger partial charge in [0.15, 0.2) is 0 Å². The molecule has 0 aromatic rings. The zero-order valence-corrected chi connectivity index (χ0v) is 26.2. The number of unbranched alkanes of at least 4 members (excludes halogenated alkanes) is 19. The number of carbonyl (C=O) groups is 1. The maximum Gasteiger partial charge on any atom is 0.306 e. The molecule has 0 radical (unpaired) electrons. The van der Waals surface area contributed by atoms with Crippen LogP contribution in [0.1, 0.15) is 168 Å². The van der Waals surface area contributed by atoms with Crippen LogP contribution in [0, 0.1) is 0 Å². The van der Waals surface area contributed by atoms with E-state index in [1.807, 2.05) is 0 Å². The Labute approximate surface area is 243 Å². The highest BCUT2D eigenvalue weighted by atomic mass is 16.6. The van der Waals surface area contributed by atoms with Crippen LogP contribution in [0.2, 0.25) is 0 Å². The summed E-state index contributed by atoms with van der Waals surface area (Å²) in [5.41, 5.74) is 0. The molecule has 1 N–H and O–H groups in total. The van der Waals surface area contributed by atoms with Crippen LogP contribution in [-0.2, 0) is 14.3 Å². The Morgan fingerprint density at radius 3 is 1.64 bits per heavy atom. The third-order valence-electron chi connectivity index (χ3n) is 7.28. The first-order valence-corrected chi connectivity index (χ1v) is 16.9. The molecule has 0 aliphatic carbocycles. The first-order chi connectivity index (χ1) is 19.2.